The molecule has 1 heterocycles. The molecule has 11 nitrogen and oxygen atoms in total. The first-order chi connectivity index (χ1) is 36.7. The lowest BCUT2D eigenvalue weighted by Gasteiger charge is -2.40. The third kappa shape index (κ3) is 43.9. The lowest BCUT2D eigenvalue weighted by Crippen LogP contribution is -2.60. The number of rotatable bonds is 57. The fourth-order valence-electron chi connectivity index (χ4n) is 10.5. The van der Waals surface area contributed by atoms with Gasteiger partial charge in [-0.05, 0) is 32.1 Å². The van der Waals surface area contributed by atoms with E-state index in [2.05, 4.69) is 19.2 Å². The van der Waals surface area contributed by atoms with Crippen LogP contribution in [0.1, 0.15) is 322 Å². The lowest BCUT2D eigenvalue weighted by molar-refractivity contribution is -0.302. The molecule has 0 aliphatic carbocycles. The summed E-state index contributed by atoms with van der Waals surface area (Å²) in [5.41, 5.74) is 0. The molecule has 7 unspecified atom stereocenters. The highest BCUT2D eigenvalue weighted by molar-refractivity contribution is 5.76. The number of aliphatic hydroxyl groups is 5. The molecule has 1 saturated heterocycles. The third-order valence-corrected chi connectivity index (χ3v) is 15.7. The molecule has 0 aromatic rings. The van der Waals surface area contributed by atoms with Crippen molar-refractivity contribution in [2.45, 2.75) is 365 Å². The maximum atomic E-state index is 13.0. The first kappa shape index (κ1) is 71.4. The SMILES string of the molecule is CCCCCCCCCCCC/C=C/C(O)C(COC1OC(CO)C(O)C(O)C1O)NC(=O)CCCCCCCCCCCCCCCCCCCCCCCCCCOC(=O)CCCCCCCCCCCCC. The monoisotopic (exact) mass is 1070 g/mol. The second-order valence-electron chi connectivity index (χ2n) is 22.8. The van der Waals surface area contributed by atoms with Gasteiger partial charge in [-0.15, -0.1) is 0 Å². The van der Waals surface area contributed by atoms with Crippen LogP contribution < -0.4 is 5.32 Å². The molecule has 1 rings (SSSR count). The van der Waals surface area contributed by atoms with Crippen LogP contribution >= 0.6 is 0 Å². The molecule has 1 aliphatic rings. The first-order valence-electron chi connectivity index (χ1n) is 32.5. The van der Waals surface area contributed by atoms with Gasteiger partial charge in [-0.1, -0.05) is 289 Å². The second-order valence-corrected chi connectivity index (χ2v) is 22.8. The number of ether oxygens (including phenoxy) is 3. The smallest absolute Gasteiger partial charge is 0.305 e. The number of unbranched alkanes of at least 4 members (excludes halogenated alkanes) is 43. The van der Waals surface area contributed by atoms with E-state index in [1.807, 2.05) is 6.08 Å². The van der Waals surface area contributed by atoms with Gasteiger partial charge in [0.1, 0.15) is 24.4 Å². The van der Waals surface area contributed by atoms with Gasteiger partial charge in [-0.25, -0.2) is 0 Å². The predicted octanol–water partition coefficient (Wildman–Crippen LogP) is 15.5. The summed E-state index contributed by atoms with van der Waals surface area (Å²) in [5.74, 6) is -0.174. The highest BCUT2D eigenvalue weighted by Crippen LogP contribution is 2.23. The number of esters is 1. The van der Waals surface area contributed by atoms with Crippen molar-refractivity contribution in [1.82, 2.24) is 5.32 Å². The number of hydrogen-bond acceptors (Lipinski definition) is 10. The summed E-state index contributed by atoms with van der Waals surface area (Å²) in [5, 5.41) is 54.4. The molecule has 6 N–H and O–H groups in total. The van der Waals surface area contributed by atoms with E-state index in [1.54, 1.807) is 6.08 Å². The average molecular weight is 1070 g/mol. The number of nitrogens with one attached hydrogen (secondary N) is 1. The van der Waals surface area contributed by atoms with Gasteiger partial charge in [-0.2, -0.15) is 0 Å². The zero-order valence-corrected chi connectivity index (χ0v) is 49.0. The topological polar surface area (TPSA) is 175 Å². The summed E-state index contributed by atoms with van der Waals surface area (Å²) in [7, 11) is 0. The lowest BCUT2D eigenvalue weighted by atomic mass is 9.99. The van der Waals surface area contributed by atoms with E-state index in [4.69, 9.17) is 14.2 Å². The van der Waals surface area contributed by atoms with Crippen molar-refractivity contribution in [3.63, 3.8) is 0 Å². The summed E-state index contributed by atoms with van der Waals surface area (Å²) in [6, 6.07) is -0.807. The Balaban J connectivity index is 2.01. The normalized spacial score (nSPS) is 18.7. The number of carbonyl (C=O) groups is 2. The number of carbonyl (C=O) groups excluding carboxylic acids is 2. The van der Waals surface area contributed by atoms with Gasteiger partial charge in [0, 0.05) is 12.8 Å². The maximum absolute atomic E-state index is 13.0. The van der Waals surface area contributed by atoms with Crippen molar-refractivity contribution in [2.24, 2.45) is 0 Å². The van der Waals surface area contributed by atoms with Crippen LogP contribution in [0.25, 0.3) is 0 Å². The molecule has 1 fully saturated rings. The fourth-order valence-corrected chi connectivity index (χ4v) is 10.5. The van der Waals surface area contributed by atoms with Crippen molar-refractivity contribution < 1.29 is 49.3 Å². The maximum Gasteiger partial charge on any atom is 0.305 e. The van der Waals surface area contributed by atoms with E-state index < -0.39 is 49.5 Å². The molecule has 0 spiro atoms. The minimum atomic E-state index is -1.57. The second kappa shape index (κ2) is 54.4. The molecule has 75 heavy (non-hydrogen) atoms. The van der Waals surface area contributed by atoms with Gasteiger partial charge in [0.05, 0.1) is 32.0 Å². The van der Waals surface area contributed by atoms with E-state index in [-0.39, 0.29) is 18.5 Å². The fraction of sp³-hybridized carbons (Fsp3) is 0.938. The molecule has 0 saturated carbocycles. The van der Waals surface area contributed by atoms with Crippen LogP contribution in [-0.2, 0) is 23.8 Å². The Hall–Kier alpha value is -1.60. The Morgan fingerprint density at radius 3 is 1.24 bits per heavy atom. The molecular formula is C64H123NO10. The van der Waals surface area contributed by atoms with E-state index in [9.17, 15) is 35.1 Å². The van der Waals surface area contributed by atoms with E-state index in [1.165, 1.54) is 238 Å². The Labute approximate surface area is 461 Å². The van der Waals surface area contributed by atoms with Crippen LogP contribution in [0.15, 0.2) is 12.2 Å². The van der Waals surface area contributed by atoms with Crippen LogP contribution in [-0.4, -0.2) is 100 Å². The Bertz CT molecular complexity index is 1250. The van der Waals surface area contributed by atoms with Crippen molar-refractivity contribution >= 4 is 11.9 Å². The predicted molar refractivity (Wildman–Crippen MR) is 311 cm³/mol. The van der Waals surface area contributed by atoms with E-state index >= 15 is 0 Å². The summed E-state index contributed by atoms with van der Waals surface area (Å²) in [6.07, 6.45) is 54.6. The number of allylic oxidation sites excluding steroid dienone is 1. The van der Waals surface area contributed by atoms with Crippen LogP contribution in [0.4, 0.5) is 0 Å². The molecule has 444 valence electrons. The molecular weight excluding hydrogens is 943 g/mol. The summed E-state index contributed by atoms with van der Waals surface area (Å²) in [6.45, 7) is 4.36. The van der Waals surface area contributed by atoms with Gasteiger partial charge >= 0.3 is 5.97 Å². The largest absolute Gasteiger partial charge is 0.466 e. The molecule has 1 aliphatic heterocycles. The zero-order chi connectivity index (χ0) is 54.5. The average Bonchev–Trinajstić information content (AvgIpc) is 3.41. The van der Waals surface area contributed by atoms with Crippen molar-refractivity contribution in [2.75, 3.05) is 19.8 Å². The molecule has 1 amide bonds. The summed E-state index contributed by atoms with van der Waals surface area (Å²) in [4.78, 5) is 25.1. The van der Waals surface area contributed by atoms with Crippen LogP contribution in [0.3, 0.4) is 0 Å². The zero-order valence-electron chi connectivity index (χ0n) is 49.0. The van der Waals surface area contributed by atoms with Gasteiger partial charge < -0.3 is 45.1 Å². The van der Waals surface area contributed by atoms with Crippen LogP contribution in [0, 0.1) is 0 Å². The van der Waals surface area contributed by atoms with Gasteiger partial charge in [0.2, 0.25) is 5.91 Å². The number of aliphatic hydroxyl groups excluding tert-OH is 5. The summed E-state index contributed by atoms with van der Waals surface area (Å²) >= 11 is 0. The van der Waals surface area contributed by atoms with E-state index in [0.29, 0.717) is 19.4 Å². The highest BCUT2D eigenvalue weighted by Gasteiger charge is 2.44. The minimum Gasteiger partial charge on any atom is -0.466 e. The van der Waals surface area contributed by atoms with Gasteiger partial charge in [0.25, 0.3) is 0 Å². The minimum absolute atomic E-state index is 0.00459. The van der Waals surface area contributed by atoms with Crippen molar-refractivity contribution in [3.8, 4) is 0 Å². The molecule has 0 bridgehead atoms. The molecule has 0 aromatic heterocycles. The molecule has 0 aromatic carbocycles. The van der Waals surface area contributed by atoms with Crippen LogP contribution in [0.5, 0.6) is 0 Å². The molecule has 11 heteroatoms. The van der Waals surface area contributed by atoms with Gasteiger partial charge in [-0.3, -0.25) is 9.59 Å². The Kier molecular flexibility index (Phi) is 51.8. The summed E-state index contributed by atoms with van der Waals surface area (Å²) < 4.78 is 16.7. The van der Waals surface area contributed by atoms with Crippen molar-refractivity contribution in [3.05, 3.63) is 12.2 Å². The quantitative estimate of drug-likeness (QED) is 0.0195. The van der Waals surface area contributed by atoms with Crippen LogP contribution in [0.2, 0.25) is 0 Å². The molecule has 0 radical (unpaired) electrons. The van der Waals surface area contributed by atoms with E-state index in [0.717, 1.165) is 57.8 Å². The standard InChI is InChI=1S/C64H123NO10/c1-3-5-7-9-11-13-15-31-34-38-42-46-50-57(67)56(55-74-64-63(72)62(71)61(70)58(54-66)75-64)65-59(68)51-47-43-39-35-32-28-26-24-22-20-18-16-17-19-21-23-25-27-29-33-37-41-45-49-53-73-60(69)52-48-44-40-36-30-14-12-10-8-6-4-2/h46,50,56-58,61-64,66-67,70-72H,3-45,47-49,51-55H2,1-2H3,(H,65,68)/b50-46+. The van der Waals surface area contributed by atoms with Crippen molar-refractivity contribution in [1.29, 1.82) is 0 Å². The van der Waals surface area contributed by atoms with Gasteiger partial charge in [0.15, 0.2) is 6.29 Å². The Morgan fingerprint density at radius 1 is 0.480 bits per heavy atom. The third-order valence-electron chi connectivity index (χ3n) is 15.7. The number of amides is 1. The Morgan fingerprint density at radius 2 is 0.840 bits per heavy atom. The molecule has 7 atom stereocenters. The highest BCUT2D eigenvalue weighted by atomic mass is 16.7. The first-order valence-corrected chi connectivity index (χ1v) is 32.5. The number of hydrogen-bond donors (Lipinski definition) is 6.